The molecule has 0 saturated heterocycles. The summed E-state index contributed by atoms with van der Waals surface area (Å²) < 4.78 is 2.32. The number of aromatic nitrogens is 2. The van der Waals surface area contributed by atoms with Gasteiger partial charge in [-0.05, 0) is 34.8 Å². The number of aryl methyl sites for hydroxylation is 2. The number of halogens is 1. The highest BCUT2D eigenvalue weighted by Gasteiger charge is 2.18. The van der Waals surface area contributed by atoms with E-state index < -0.39 is 0 Å². The average molecular weight is 336 g/mol. The molecule has 0 aliphatic carbocycles. The number of carbonyl (C=O) groups excluding carboxylic acids is 1. The predicted molar refractivity (Wildman–Crippen MR) is 82.6 cm³/mol. The Bertz CT molecular complexity index is 604. The molecule has 1 N–H and O–H groups in total. The summed E-state index contributed by atoms with van der Waals surface area (Å²) in [4.78, 5) is 12.3. The molecule has 20 heavy (non-hydrogen) atoms. The number of hydrogen-bond acceptors (Lipinski definition) is 2. The molecule has 0 spiro atoms. The van der Waals surface area contributed by atoms with E-state index in [0.717, 1.165) is 12.0 Å². The Hall–Kier alpha value is -1.62. The molecule has 1 unspecified atom stereocenters. The molecule has 0 bridgehead atoms. The van der Waals surface area contributed by atoms with Crippen LogP contribution in [0.3, 0.4) is 0 Å². The van der Waals surface area contributed by atoms with Crippen LogP contribution < -0.4 is 5.32 Å². The summed E-state index contributed by atoms with van der Waals surface area (Å²) in [6.45, 7) is 4.10. The van der Waals surface area contributed by atoms with Crippen molar-refractivity contribution in [3.8, 4) is 0 Å². The zero-order chi connectivity index (χ0) is 14.7. The van der Waals surface area contributed by atoms with Crippen LogP contribution in [0.5, 0.6) is 0 Å². The normalized spacial score (nSPS) is 12.2. The van der Waals surface area contributed by atoms with Gasteiger partial charge in [-0.1, -0.05) is 36.8 Å². The van der Waals surface area contributed by atoms with Crippen LogP contribution in [0.15, 0.2) is 34.9 Å². The summed E-state index contributed by atoms with van der Waals surface area (Å²) >= 11 is 3.35. The van der Waals surface area contributed by atoms with Gasteiger partial charge in [-0.15, -0.1) is 0 Å². The first-order chi connectivity index (χ1) is 9.51. The van der Waals surface area contributed by atoms with Crippen molar-refractivity contribution in [1.29, 1.82) is 0 Å². The summed E-state index contributed by atoms with van der Waals surface area (Å²) in [7, 11) is 1.79. The molecular weight excluding hydrogens is 318 g/mol. The standard InChI is InChI=1S/C15H18BrN3O/c1-4-13(11-7-5-10(2)6-8-11)17-15(20)14-12(16)9-19(3)18-14/h5-9,13H,4H2,1-3H3,(H,17,20). The van der Waals surface area contributed by atoms with Crippen LogP contribution >= 0.6 is 15.9 Å². The van der Waals surface area contributed by atoms with Gasteiger partial charge in [0, 0.05) is 13.2 Å². The van der Waals surface area contributed by atoms with Crippen LogP contribution in [-0.2, 0) is 7.05 Å². The lowest BCUT2D eigenvalue weighted by Crippen LogP contribution is -2.28. The summed E-state index contributed by atoms with van der Waals surface area (Å²) in [5.74, 6) is -0.162. The quantitative estimate of drug-likeness (QED) is 0.931. The lowest BCUT2D eigenvalue weighted by atomic mass is 10.0. The summed E-state index contributed by atoms with van der Waals surface area (Å²) in [5, 5.41) is 7.19. The van der Waals surface area contributed by atoms with E-state index in [1.165, 1.54) is 5.56 Å². The van der Waals surface area contributed by atoms with Gasteiger partial charge < -0.3 is 5.32 Å². The minimum Gasteiger partial charge on any atom is -0.344 e. The maximum Gasteiger partial charge on any atom is 0.273 e. The predicted octanol–water partition coefficient (Wildman–Crippen LogP) is 3.37. The van der Waals surface area contributed by atoms with E-state index in [1.807, 2.05) is 6.92 Å². The number of amides is 1. The largest absolute Gasteiger partial charge is 0.344 e. The lowest BCUT2D eigenvalue weighted by Gasteiger charge is -2.17. The molecule has 106 valence electrons. The lowest BCUT2D eigenvalue weighted by molar-refractivity contribution is 0.0929. The second-order valence-electron chi connectivity index (χ2n) is 4.84. The van der Waals surface area contributed by atoms with Gasteiger partial charge in [-0.2, -0.15) is 5.10 Å². The third-order valence-electron chi connectivity index (χ3n) is 3.19. The fraction of sp³-hybridized carbons (Fsp3) is 0.333. The molecule has 0 saturated carbocycles. The molecule has 0 aliphatic rings. The first-order valence-corrected chi connectivity index (χ1v) is 7.37. The Balaban J connectivity index is 2.16. The van der Waals surface area contributed by atoms with Gasteiger partial charge in [0.05, 0.1) is 10.5 Å². The number of rotatable bonds is 4. The first kappa shape index (κ1) is 14.8. The minimum atomic E-state index is -0.162. The minimum absolute atomic E-state index is 0.00277. The van der Waals surface area contributed by atoms with Crippen molar-refractivity contribution < 1.29 is 4.79 Å². The van der Waals surface area contributed by atoms with Crippen LogP contribution in [0.1, 0.15) is 41.0 Å². The number of carbonyl (C=O) groups is 1. The van der Waals surface area contributed by atoms with Crippen molar-refractivity contribution in [2.24, 2.45) is 7.05 Å². The molecule has 0 fully saturated rings. The van der Waals surface area contributed by atoms with Crippen molar-refractivity contribution in [2.45, 2.75) is 26.3 Å². The molecule has 1 aromatic carbocycles. The van der Waals surface area contributed by atoms with E-state index in [1.54, 1.807) is 17.9 Å². The Labute approximate surface area is 127 Å². The van der Waals surface area contributed by atoms with Gasteiger partial charge in [0.2, 0.25) is 0 Å². The molecule has 1 aromatic heterocycles. The number of nitrogens with one attached hydrogen (secondary N) is 1. The van der Waals surface area contributed by atoms with Crippen molar-refractivity contribution in [3.05, 3.63) is 51.8 Å². The molecular formula is C15H18BrN3O. The van der Waals surface area contributed by atoms with E-state index >= 15 is 0 Å². The van der Waals surface area contributed by atoms with Gasteiger partial charge in [-0.3, -0.25) is 9.48 Å². The zero-order valence-corrected chi connectivity index (χ0v) is 13.4. The smallest absolute Gasteiger partial charge is 0.273 e. The van der Waals surface area contributed by atoms with Crippen LogP contribution in [-0.4, -0.2) is 15.7 Å². The Morgan fingerprint density at radius 2 is 2.05 bits per heavy atom. The van der Waals surface area contributed by atoms with Gasteiger partial charge in [0.1, 0.15) is 0 Å². The molecule has 5 heteroatoms. The van der Waals surface area contributed by atoms with Gasteiger partial charge in [0.15, 0.2) is 5.69 Å². The van der Waals surface area contributed by atoms with Crippen molar-refractivity contribution in [1.82, 2.24) is 15.1 Å². The highest BCUT2D eigenvalue weighted by molar-refractivity contribution is 9.10. The Kier molecular flexibility index (Phi) is 4.60. The second-order valence-corrected chi connectivity index (χ2v) is 5.70. The molecule has 1 heterocycles. The van der Waals surface area contributed by atoms with E-state index in [4.69, 9.17) is 0 Å². The average Bonchev–Trinajstić information content (AvgIpc) is 2.76. The van der Waals surface area contributed by atoms with Crippen molar-refractivity contribution in [3.63, 3.8) is 0 Å². The summed E-state index contributed by atoms with van der Waals surface area (Å²) in [6.07, 6.45) is 2.60. The van der Waals surface area contributed by atoms with Crippen LogP contribution in [0, 0.1) is 6.92 Å². The van der Waals surface area contributed by atoms with Gasteiger partial charge >= 0.3 is 0 Å². The maximum atomic E-state index is 12.3. The first-order valence-electron chi connectivity index (χ1n) is 6.57. The van der Waals surface area contributed by atoms with E-state index in [-0.39, 0.29) is 11.9 Å². The topological polar surface area (TPSA) is 46.9 Å². The molecule has 2 aromatic rings. The molecule has 4 nitrogen and oxygen atoms in total. The molecule has 1 atom stereocenters. The van der Waals surface area contributed by atoms with Crippen LogP contribution in [0.2, 0.25) is 0 Å². The highest BCUT2D eigenvalue weighted by atomic mass is 79.9. The molecule has 0 aliphatic heterocycles. The van der Waals surface area contributed by atoms with Crippen LogP contribution in [0.25, 0.3) is 0 Å². The van der Waals surface area contributed by atoms with E-state index in [2.05, 4.69) is 57.5 Å². The van der Waals surface area contributed by atoms with Crippen molar-refractivity contribution in [2.75, 3.05) is 0 Å². The highest BCUT2D eigenvalue weighted by Crippen LogP contribution is 2.20. The van der Waals surface area contributed by atoms with Crippen LogP contribution in [0.4, 0.5) is 0 Å². The van der Waals surface area contributed by atoms with Gasteiger partial charge in [-0.25, -0.2) is 0 Å². The summed E-state index contributed by atoms with van der Waals surface area (Å²) in [6, 6.07) is 8.22. The Morgan fingerprint density at radius 1 is 1.40 bits per heavy atom. The molecule has 0 radical (unpaired) electrons. The number of nitrogens with zero attached hydrogens (tertiary/aromatic N) is 2. The van der Waals surface area contributed by atoms with Crippen molar-refractivity contribution >= 4 is 21.8 Å². The SMILES string of the molecule is CCC(NC(=O)c1nn(C)cc1Br)c1ccc(C)cc1. The second kappa shape index (κ2) is 6.22. The third kappa shape index (κ3) is 3.28. The van der Waals surface area contributed by atoms with E-state index in [9.17, 15) is 4.79 Å². The zero-order valence-electron chi connectivity index (χ0n) is 11.9. The fourth-order valence-corrected chi connectivity index (χ4v) is 2.62. The fourth-order valence-electron chi connectivity index (χ4n) is 2.06. The monoisotopic (exact) mass is 335 g/mol. The number of hydrogen-bond donors (Lipinski definition) is 1. The summed E-state index contributed by atoms with van der Waals surface area (Å²) in [5.41, 5.74) is 2.74. The van der Waals surface area contributed by atoms with Gasteiger partial charge in [0.25, 0.3) is 5.91 Å². The molecule has 1 amide bonds. The maximum absolute atomic E-state index is 12.3. The van der Waals surface area contributed by atoms with E-state index in [0.29, 0.717) is 10.2 Å². The molecule has 2 rings (SSSR count). The number of benzene rings is 1. The third-order valence-corrected chi connectivity index (χ3v) is 3.77. The Morgan fingerprint density at radius 3 is 2.55 bits per heavy atom.